The Labute approximate surface area is 174 Å². The van der Waals surface area contributed by atoms with Crippen LogP contribution in [0.5, 0.6) is 5.75 Å². The number of rotatable bonds is 9. The molecule has 0 saturated heterocycles. The predicted octanol–water partition coefficient (Wildman–Crippen LogP) is 3.63. The van der Waals surface area contributed by atoms with Crippen molar-refractivity contribution in [2.75, 3.05) is 30.4 Å². The molecule has 0 aliphatic carbocycles. The lowest BCUT2D eigenvalue weighted by molar-refractivity contribution is -0.384. The molecule has 2 aromatic rings. The Morgan fingerprint density at radius 2 is 1.77 bits per heavy atom. The van der Waals surface area contributed by atoms with Crippen LogP contribution in [-0.2, 0) is 9.53 Å². The minimum Gasteiger partial charge on any atom is -0.496 e. The van der Waals surface area contributed by atoms with Crippen LogP contribution in [0.1, 0.15) is 31.1 Å². The van der Waals surface area contributed by atoms with E-state index in [9.17, 15) is 19.7 Å². The number of nitrogens with zero attached hydrogens (tertiary/aromatic N) is 2. The van der Waals surface area contributed by atoms with E-state index >= 15 is 0 Å². The number of benzene rings is 2. The zero-order chi connectivity index (χ0) is 22.3. The minimum atomic E-state index is -1.15. The van der Waals surface area contributed by atoms with Crippen molar-refractivity contribution in [2.24, 2.45) is 0 Å². The van der Waals surface area contributed by atoms with Gasteiger partial charge in [-0.05, 0) is 57.2 Å². The molecule has 9 nitrogen and oxygen atoms in total. The van der Waals surface area contributed by atoms with E-state index in [0.29, 0.717) is 5.56 Å². The third kappa shape index (κ3) is 5.47. The summed E-state index contributed by atoms with van der Waals surface area (Å²) in [5, 5.41) is 13.7. The molecule has 0 aliphatic heterocycles. The standard InChI is InChI=1S/C21H25N3O6/c1-5-23(6-2)16-9-7-15(8-10-16)21(26)30-14(3)20(25)22-18-12-11-17(29-4)13-19(18)24(27)28/h7-14H,5-6H2,1-4H3,(H,22,25). The molecule has 1 N–H and O–H groups in total. The smallest absolute Gasteiger partial charge is 0.338 e. The summed E-state index contributed by atoms with van der Waals surface area (Å²) in [6, 6.07) is 10.9. The molecule has 0 saturated carbocycles. The van der Waals surface area contributed by atoms with Gasteiger partial charge in [0, 0.05) is 18.8 Å². The molecule has 1 unspecified atom stereocenters. The summed E-state index contributed by atoms with van der Waals surface area (Å²) in [6.45, 7) is 7.16. The van der Waals surface area contributed by atoms with Crippen molar-refractivity contribution in [2.45, 2.75) is 26.9 Å². The van der Waals surface area contributed by atoms with E-state index in [4.69, 9.17) is 9.47 Å². The van der Waals surface area contributed by atoms with E-state index < -0.39 is 22.9 Å². The maximum atomic E-state index is 12.4. The zero-order valence-electron chi connectivity index (χ0n) is 17.4. The summed E-state index contributed by atoms with van der Waals surface area (Å²) in [5.74, 6) is -1.06. The summed E-state index contributed by atoms with van der Waals surface area (Å²) in [4.78, 5) is 37.5. The highest BCUT2D eigenvalue weighted by molar-refractivity contribution is 5.98. The molecule has 9 heteroatoms. The predicted molar refractivity (Wildman–Crippen MR) is 113 cm³/mol. The number of carbonyl (C=O) groups excluding carboxylic acids is 2. The molecule has 2 rings (SSSR count). The maximum absolute atomic E-state index is 12.4. The molecule has 0 bridgehead atoms. The zero-order valence-corrected chi connectivity index (χ0v) is 17.4. The van der Waals surface area contributed by atoms with Crippen molar-refractivity contribution in [1.29, 1.82) is 0 Å². The summed E-state index contributed by atoms with van der Waals surface area (Å²) in [7, 11) is 1.38. The lowest BCUT2D eigenvalue weighted by Crippen LogP contribution is -2.30. The van der Waals surface area contributed by atoms with Crippen molar-refractivity contribution in [1.82, 2.24) is 0 Å². The number of hydrogen-bond acceptors (Lipinski definition) is 7. The molecule has 0 aromatic heterocycles. The number of esters is 1. The van der Waals surface area contributed by atoms with Crippen LogP contribution in [0.25, 0.3) is 0 Å². The second-order valence-electron chi connectivity index (χ2n) is 6.40. The molecule has 0 aliphatic rings. The van der Waals surface area contributed by atoms with Crippen LogP contribution >= 0.6 is 0 Å². The third-order valence-electron chi connectivity index (χ3n) is 4.54. The van der Waals surface area contributed by atoms with Gasteiger partial charge in [-0.1, -0.05) is 0 Å². The molecule has 0 radical (unpaired) electrons. The summed E-state index contributed by atoms with van der Waals surface area (Å²) in [5.41, 5.74) is 0.945. The highest BCUT2D eigenvalue weighted by atomic mass is 16.6. The minimum absolute atomic E-state index is 0.0164. The fourth-order valence-electron chi connectivity index (χ4n) is 2.81. The number of nitro benzene ring substituents is 1. The van der Waals surface area contributed by atoms with Gasteiger partial charge < -0.3 is 19.7 Å². The summed E-state index contributed by atoms with van der Waals surface area (Å²) in [6.07, 6.45) is -1.15. The molecule has 0 spiro atoms. The van der Waals surface area contributed by atoms with E-state index in [2.05, 4.69) is 10.2 Å². The van der Waals surface area contributed by atoms with Gasteiger partial charge in [-0.15, -0.1) is 0 Å². The number of methoxy groups -OCH3 is 1. The van der Waals surface area contributed by atoms with Gasteiger partial charge >= 0.3 is 5.97 Å². The Balaban J connectivity index is 2.05. The normalized spacial score (nSPS) is 11.3. The molecule has 30 heavy (non-hydrogen) atoms. The molecule has 0 heterocycles. The maximum Gasteiger partial charge on any atom is 0.338 e. The van der Waals surface area contributed by atoms with Gasteiger partial charge in [0.1, 0.15) is 11.4 Å². The van der Waals surface area contributed by atoms with Gasteiger partial charge in [0.05, 0.1) is 23.7 Å². The van der Waals surface area contributed by atoms with Gasteiger partial charge in [0.15, 0.2) is 6.10 Å². The average Bonchev–Trinajstić information content (AvgIpc) is 2.75. The van der Waals surface area contributed by atoms with Crippen molar-refractivity contribution in [3.8, 4) is 5.75 Å². The quantitative estimate of drug-likeness (QED) is 0.378. The van der Waals surface area contributed by atoms with Crippen molar-refractivity contribution < 1.29 is 24.0 Å². The van der Waals surface area contributed by atoms with Crippen molar-refractivity contribution >= 4 is 28.9 Å². The lowest BCUT2D eigenvalue weighted by atomic mass is 10.2. The van der Waals surface area contributed by atoms with E-state index in [1.807, 2.05) is 26.0 Å². The van der Waals surface area contributed by atoms with Crippen LogP contribution < -0.4 is 15.0 Å². The number of anilines is 2. The van der Waals surface area contributed by atoms with Crippen LogP contribution in [0.4, 0.5) is 17.1 Å². The molecular weight excluding hydrogens is 390 g/mol. The number of nitro groups is 1. The second-order valence-corrected chi connectivity index (χ2v) is 6.40. The Kier molecular flexibility index (Phi) is 7.74. The number of ether oxygens (including phenoxy) is 2. The van der Waals surface area contributed by atoms with Crippen LogP contribution in [0.2, 0.25) is 0 Å². The Bertz CT molecular complexity index is 909. The fraction of sp³-hybridized carbons (Fsp3) is 0.333. The third-order valence-corrected chi connectivity index (χ3v) is 4.54. The van der Waals surface area contributed by atoms with Crippen LogP contribution in [0.15, 0.2) is 42.5 Å². The van der Waals surface area contributed by atoms with Crippen molar-refractivity contribution in [3.63, 3.8) is 0 Å². The Morgan fingerprint density at radius 3 is 2.30 bits per heavy atom. The van der Waals surface area contributed by atoms with Gasteiger partial charge in [0.25, 0.3) is 11.6 Å². The molecule has 160 valence electrons. The number of carbonyl (C=O) groups is 2. The first kappa shape index (κ1) is 22.7. The monoisotopic (exact) mass is 415 g/mol. The largest absolute Gasteiger partial charge is 0.496 e. The lowest BCUT2D eigenvalue weighted by Gasteiger charge is -2.21. The van der Waals surface area contributed by atoms with Crippen LogP contribution in [-0.4, -0.2) is 43.1 Å². The molecule has 1 amide bonds. The summed E-state index contributed by atoms with van der Waals surface area (Å²) >= 11 is 0. The Morgan fingerprint density at radius 1 is 1.13 bits per heavy atom. The van der Waals surface area contributed by atoms with Crippen molar-refractivity contribution in [3.05, 3.63) is 58.1 Å². The van der Waals surface area contributed by atoms with Crippen LogP contribution in [0.3, 0.4) is 0 Å². The molecule has 0 fully saturated rings. The van der Waals surface area contributed by atoms with E-state index in [0.717, 1.165) is 18.8 Å². The number of nitrogens with one attached hydrogen (secondary N) is 1. The topological polar surface area (TPSA) is 111 Å². The average molecular weight is 415 g/mol. The van der Waals surface area contributed by atoms with Gasteiger partial charge in [-0.3, -0.25) is 14.9 Å². The van der Waals surface area contributed by atoms with E-state index in [1.54, 1.807) is 12.1 Å². The number of hydrogen-bond donors (Lipinski definition) is 1. The molecular formula is C21H25N3O6. The first-order chi connectivity index (χ1) is 14.3. The van der Waals surface area contributed by atoms with E-state index in [1.165, 1.54) is 32.2 Å². The first-order valence-electron chi connectivity index (χ1n) is 9.49. The van der Waals surface area contributed by atoms with Gasteiger partial charge in [0.2, 0.25) is 0 Å². The van der Waals surface area contributed by atoms with E-state index in [-0.39, 0.29) is 17.1 Å². The van der Waals surface area contributed by atoms with Gasteiger partial charge in [-0.2, -0.15) is 0 Å². The van der Waals surface area contributed by atoms with Gasteiger partial charge in [-0.25, -0.2) is 4.79 Å². The summed E-state index contributed by atoms with van der Waals surface area (Å²) < 4.78 is 10.2. The van der Waals surface area contributed by atoms with Crippen LogP contribution in [0, 0.1) is 10.1 Å². The fourth-order valence-corrected chi connectivity index (χ4v) is 2.81. The highest BCUT2D eigenvalue weighted by Gasteiger charge is 2.23. The molecule has 1 atom stereocenters. The Hall–Kier alpha value is -3.62. The number of amides is 1. The highest BCUT2D eigenvalue weighted by Crippen LogP contribution is 2.29. The first-order valence-corrected chi connectivity index (χ1v) is 9.49. The molecule has 2 aromatic carbocycles. The second kappa shape index (κ2) is 10.2. The SMILES string of the molecule is CCN(CC)c1ccc(C(=O)OC(C)C(=O)Nc2ccc(OC)cc2[N+](=O)[O-])cc1.